The Kier molecular flexibility index (Phi) is 6.59. The Morgan fingerprint density at radius 2 is 1.96 bits per heavy atom. The number of hydrogen-bond acceptors (Lipinski definition) is 4. The van der Waals surface area contributed by atoms with Gasteiger partial charge in [0.25, 0.3) is 0 Å². The molecule has 1 aromatic carbocycles. The van der Waals surface area contributed by atoms with Crippen LogP contribution in [-0.2, 0) is 19.6 Å². The third-order valence-corrected chi connectivity index (χ3v) is 5.67. The van der Waals surface area contributed by atoms with Crippen molar-refractivity contribution < 1.29 is 17.9 Å². The Labute approximate surface area is 150 Å². The topological polar surface area (TPSA) is 75.7 Å². The molecule has 2 unspecified atom stereocenters. The second-order valence-corrected chi connectivity index (χ2v) is 8.80. The third kappa shape index (κ3) is 5.52. The van der Waals surface area contributed by atoms with Crippen LogP contribution in [0.1, 0.15) is 32.8 Å². The summed E-state index contributed by atoms with van der Waals surface area (Å²) in [4.78, 5) is 14.8. The maximum Gasteiger partial charge on any atom is 0.241 e. The van der Waals surface area contributed by atoms with E-state index in [1.807, 2.05) is 27.7 Å². The number of rotatable bonds is 6. The number of carbonyl (C=O) groups is 1. The first-order valence-corrected chi connectivity index (χ1v) is 10.2. The van der Waals surface area contributed by atoms with Crippen LogP contribution in [0.25, 0.3) is 0 Å². The number of benzene rings is 1. The monoisotopic (exact) mass is 368 g/mol. The largest absolute Gasteiger partial charge is 0.375 e. The maximum absolute atomic E-state index is 12.9. The van der Waals surface area contributed by atoms with E-state index in [9.17, 15) is 13.2 Å². The molecule has 0 aromatic heterocycles. The molecule has 1 aromatic rings. The summed E-state index contributed by atoms with van der Waals surface area (Å²) in [5.74, 6) is 0.00710. The van der Waals surface area contributed by atoms with Gasteiger partial charge in [0.05, 0.1) is 17.6 Å². The number of hydrogen-bond donors (Lipinski definition) is 1. The number of nitrogens with one attached hydrogen (secondary N) is 1. The van der Waals surface area contributed by atoms with Crippen LogP contribution in [0.15, 0.2) is 29.2 Å². The number of ether oxygens (including phenoxy) is 1. The highest BCUT2D eigenvalue weighted by Gasteiger charge is 2.31. The highest BCUT2D eigenvalue weighted by Crippen LogP contribution is 2.16. The van der Waals surface area contributed by atoms with Crippen LogP contribution >= 0.6 is 0 Å². The molecule has 7 heteroatoms. The lowest BCUT2D eigenvalue weighted by Gasteiger charge is -2.34. The normalized spacial score (nSPS) is 19.9. The fourth-order valence-electron chi connectivity index (χ4n) is 2.88. The molecule has 25 heavy (non-hydrogen) atoms. The van der Waals surface area contributed by atoms with Crippen molar-refractivity contribution in [2.45, 2.75) is 51.2 Å². The molecule has 0 aliphatic carbocycles. The molecule has 1 aliphatic rings. The van der Waals surface area contributed by atoms with Gasteiger partial charge in [-0.15, -0.1) is 0 Å². The zero-order valence-electron chi connectivity index (χ0n) is 15.4. The van der Waals surface area contributed by atoms with Gasteiger partial charge in [0.2, 0.25) is 15.9 Å². The van der Waals surface area contributed by atoms with Crippen molar-refractivity contribution in [2.75, 3.05) is 19.7 Å². The van der Waals surface area contributed by atoms with Crippen LogP contribution in [-0.4, -0.2) is 51.1 Å². The van der Waals surface area contributed by atoms with E-state index in [0.717, 1.165) is 5.56 Å². The minimum Gasteiger partial charge on any atom is -0.375 e. The van der Waals surface area contributed by atoms with E-state index in [-0.39, 0.29) is 22.8 Å². The second kappa shape index (κ2) is 8.29. The molecule has 1 N–H and O–H groups in total. The SMILES string of the molecule is Cc1ccc(S(=O)(=O)NC(CC(C)C)C(=O)N2CCOC(C)C2)cc1. The second-order valence-electron chi connectivity index (χ2n) is 7.08. The number of aryl methyl sites for hydroxylation is 1. The summed E-state index contributed by atoms with van der Waals surface area (Å²) in [5.41, 5.74) is 0.982. The van der Waals surface area contributed by atoms with Gasteiger partial charge in [0, 0.05) is 13.1 Å². The Balaban J connectivity index is 2.19. The van der Waals surface area contributed by atoms with Crippen LogP contribution < -0.4 is 4.72 Å². The molecule has 0 spiro atoms. The first-order valence-electron chi connectivity index (χ1n) is 8.68. The lowest BCUT2D eigenvalue weighted by atomic mass is 10.0. The summed E-state index contributed by atoms with van der Waals surface area (Å²) in [6, 6.07) is 5.85. The Morgan fingerprint density at radius 1 is 1.32 bits per heavy atom. The molecular formula is C18H28N2O4S. The van der Waals surface area contributed by atoms with Gasteiger partial charge in [-0.05, 0) is 38.3 Å². The Morgan fingerprint density at radius 3 is 2.52 bits per heavy atom. The van der Waals surface area contributed by atoms with Gasteiger partial charge in [-0.1, -0.05) is 31.5 Å². The molecule has 0 bridgehead atoms. The third-order valence-electron chi connectivity index (χ3n) is 4.19. The first-order chi connectivity index (χ1) is 11.7. The summed E-state index contributed by atoms with van der Waals surface area (Å²) in [5, 5.41) is 0. The maximum atomic E-state index is 12.9. The van der Waals surface area contributed by atoms with Crippen molar-refractivity contribution in [1.29, 1.82) is 0 Å². The van der Waals surface area contributed by atoms with Crippen LogP contribution in [0.2, 0.25) is 0 Å². The van der Waals surface area contributed by atoms with Gasteiger partial charge in [-0.3, -0.25) is 4.79 Å². The van der Waals surface area contributed by atoms with Gasteiger partial charge >= 0.3 is 0 Å². The summed E-state index contributed by atoms with van der Waals surface area (Å²) in [6.07, 6.45) is 0.418. The van der Waals surface area contributed by atoms with Crippen molar-refractivity contribution in [3.63, 3.8) is 0 Å². The fraction of sp³-hybridized carbons (Fsp3) is 0.611. The standard InChI is InChI=1S/C18H28N2O4S/c1-13(2)11-17(18(21)20-9-10-24-15(4)12-20)19-25(22,23)16-7-5-14(3)6-8-16/h5-8,13,15,17,19H,9-12H2,1-4H3. The molecule has 2 rings (SSSR count). The average molecular weight is 368 g/mol. The van der Waals surface area contributed by atoms with Crippen LogP contribution in [0.4, 0.5) is 0 Å². The van der Waals surface area contributed by atoms with Crippen LogP contribution in [0.5, 0.6) is 0 Å². The molecule has 1 aliphatic heterocycles. The molecule has 1 fully saturated rings. The van der Waals surface area contributed by atoms with Crippen molar-refractivity contribution in [2.24, 2.45) is 5.92 Å². The van der Waals surface area contributed by atoms with Crippen molar-refractivity contribution in [3.8, 4) is 0 Å². The van der Waals surface area contributed by atoms with Crippen molar-refractivity contribution in [3.05, 3.63) is 29.8 Å². The number of sulfonamides is 1. The fourth-order valence-corrected chi connectivity index (χ4v) is 4.08. The number of amides is 1. The van der Waals surface area contributed by atoms with Gasteiger partial charge in [0.1, 0.15) is 6.04 Å². The molecule has 140 valence electrons. The van der Waals surface area contributed by atoms with E-state index in [1.165, 1.54) is 0 Å². The molecule has 0 radical (unpaired) electrons. The average Bonchev–Trinajstić information content (AvgIpc) is 2.53. The lowest BCUT2D eigenvalue weighted by Crippen LogP contribution is -2.53. The minimum absolute atomic E-state index is 0.0360. The van der Waals surface area contributed by atoms with E-state index in [0.29, 0.717) is 26.1 Å². The Bertz CT molecular complexity index is 686. The summed E-state index contributed by atoms with van der Waals surface area (Å²) >= 11 is 0. The minimum atomic E-state index is -3.75. The highest BCUT2D eigenvalue weighted by atomic mass is 32.2. The molecule has 1 heterocycles. The molecule has 6 nitrogen and oxygen atoms in total. The van der Waals surface area contributed by atoms with E-state index in [4.69, 9.17) is 4.74 Å². The van der Waals surface area contributed by atoms with Crippen molar-refractivity contribution >= 4 is 15.9 Å². The van der Waals surface area contributed by atoms with E-state index in [2.05, 4.69) is 4.72 Å². The van der Waals surface area contributed by atoms with Gasteiger partial charge in [0.15, 0.2) is 0 Å². The smallest absolute Gasteiger partial charge is 0.241 e. The van der Waals surface area contributed by atoms with E-state index >= 15 is 0 Å². The van der Waals surface area contributed by atoms with Gasteiger partial charge in [-0.2, -0.15) is 4.72 Å². The van der Waals surface area contributed by atoms with E-state index in [1.54, 1.807) is 29.2 Å². The predicted molar refractivity (Wildman–Crippen MR) is 96.7 cm³/mol. The zero-order chi connectivity index (χ0) is 18.6. The number of carbonyl (C=O) groups excluding carboxylic acids is 1. The summed E-state index contributed by atoms with van der Waals surface area (Å²) in [6.45, 7) is 9.21. The van der Waals surface area contributed by atoms with E-state index < -0.39 is 16.1 Å². The quantitative estimate of drug-likeness (QED) is 0.832. The van der Waals surface area contributed by atoms with Crippen LogP contribution in [0, 0.1) is 12.8 Å². The first kappa shape index (κ1) is 19.9. The molecule has 0 saturated carbocycles. The van der Waals surface area contributed by atoms with Crippen LogP contribution in [0.3, 0.4) is 0 Å². The number of morpholine rings is 1. The number of nitrogens with zero attached hydrogens (tertiary/aromatic N) is 1. The molecule has 1 amide bonds. The van der Waals surface area contributed by atoms with Gasteiger partial charge in [-0.25, -0.2) is 8.42 Å². The van der Waals surface area contributed by atoms with Gasteiger partial charge < -0.3 is 9.64 Å². The van der Waals surface area contributed by atoms with Crippen molar-refractivity contribution in [1.82, 2.24) is 9.62 Å². The Hall–Kier alpha value is -1.44. The zero-order valence-corrected chi connectivity index (χ0v) is 16.2. The summed E-state index contributed by atoms with van der Waals surface area (Å²) in [7, 11) is -3.75. The highest BCUT2D eigenvalue weighted by molar-refractivity contribution is 7.89. The molecular weight excluding hydrogens is 340 g/mol. The lowest BCUT2D eigenvalue weighted by molar-refractivity contribution is -0.140. The molecule has 1 saturated heterocycles. The summed E-state index contributed by atoms with van der Waals surface area (Å²) < 4.78 is 33.4. The predicted octanol–water partition coefficient (Wildman–Crippen LogP) is 1.94. The molecule has 2 atom stereocenters.